The van der Waals surface area contributed by atoms with Gasteiger partial charge in [-0.05, 0) is 42.4 Å². The predicted molar refractivity (Wildman–Crippen MR) is 82.9 cm³/mol. The number of rotatable bonds is 6. The summed E-state index contributed by atoms with van der Waals surface area (Å²) in [4.78, 5) is 9.29. The molecule has 1 N–H and O–H groups in total. The molecule has 1 rings (SSSR count). The fraction of sp³-hybridized carbons (Fsp3) is 0.692. The minimum Gasteiger partial charge on any atom is -0.372 e. The zero-order chi connectivity index (χ0) is 13.8. The van der Waals surface area contributed by atoms with Crippen LogP contribution in [0.5, 0.6) is 0 Å². The summed E-state index contributed by atoms with van der Waals surface area (Å²) in [6, 6.07) is 0. The third-order valence-corrected chi connectivity index (χ3v) is 4.38. The second kappa shape index (κ2) is 6.65. The van der Waals surface area contributed by atoms with Crippen LogP contribution in [0.2, 0.25) is 0 Å². The molecule has 5 heteroatoms. The van der Waals surface area contributed by atoms with Crippen LogP contribution in [0.1, 0.15) is 45.1 Å². The highest BCUT2D eigenvalue weighted by Gasteiger charge is 2.29. The first kappa shape index (κ1) is 15.6. The van der Waals surface area contributed by atoms with E-state index in [2.05, 4.69) is 46.7 Å². The number of hydrogen-bond acceptors (Lipinski definition) is 4. The van der Waals surface area contributed by atoms with E-state index < -0.39 is 5.60 Å². The standard InChI is InChI=1S/C13H22IN3O/c1-6-8-9-10(14)11(15-4)17-12(16-9)13(3,7-2)18-5/h6-8H2,1-5H3,(H,15,16,17). The third kappa shape index (κ3) is 3.12. The minimum absolute atomic E-state index is 0.418. The molecule has 0 amide bonds. The molecular formula is C13H22IN3O. The van der Waals surface area contributed by atoms with Crippen LogP contribution < -0.4 is 5.32 Å². The molecule has 1 aromatic rings. The summed E-state index contributed by atoms with van der Waals surface area (Å²) in [7, 11) is 3.60. The molecule has 0 saturated heterocycles. The number of halogens is 1. The van der Waals surface area contributed by atoms with Crippen LogP contribution in [0, 0.1) is 3.57 Å². The zero-order valence-corrected chi connectivity index (χ0v) is 14.0. The molecule has 1 atom stereocenters. The lowest BCUT2D eigenvalue weighted by Crippen LogP contribution is -2.27. The monoisotopic (exact) mass is 363 g/mol. The largest absolute Gasteiger partial charge is 0.372 e. The lowest BCUT2D eigenvalue weighted by Gasteiger charge is -2.26. The molecule has 0 aliphatic rings. The van der Waals surface area contributed by atoms with Crippen LogP contribution in [0.4, 0.5) is 5.82 Å². The summed E-state index contributed by atoms with van der Waals surface area (Å²) in [6.45, 7) is 6.28. The molecule has 4 nitrogen and oxygen atoms in total. The second-order valence-corrected chi connectivity index (χ2v) is 5.52. The van der Waals surface area contributed by atoms with Gasteiger partial charge in [0, 0.05) is 14.2 Å². The van der Waals surface area contributed by atoms with E-state index in [1.54, 1.807) is 7.11 Å². The average molecular weight is 363 g/mol. The van der Waals surface area contributed by atoms with Crippen molar-refractivity contribution in [1.29, 1.82) is 0 Å². The normalized spacial score (nSPS) is 14.3. The van der Waals surface area contributed by atoms with E-state index in [0.717, 1.165) is 40.2 Å². The Balaban J connectivity index is 3.33. The van der Waals surface area contributed by atoms with Crippen molar-refractivity contribution < 1.29 is 4.74 Å². The fourth-order valence-corrected chi connectivity index (χ4v) is 2.47. The number of nitrogens with one attached hydrogen (secondary N) is 1. The maximum atomic E-state index is 5.59. The highest BCUT2D eigenvalue weighted by Crippen LogP contribution is 2.29. The van der Waals surface area contributed by atoms with Crippen molar-refractivity contribution in [2.75, 3.05) is 19.5 Å². The second-order valence-electron chi connectivity index (χ2n) is 4.45. The van der Waals surface area contributed by atoms with Gasteiger partial charge in [-0.2, -0.15) is 0 Å². The highest BCUT2D eigenvalue weighted by molar-refractivity contribution is 14.1. The molecule has 1 aromatic heterocycles. The molecule has 0 aliphatic heterocycles. The molecule has 18 heavy (non-hydrogen) atoms. The van der Waals surface area contributed by atoms with Gasteiger partial charge in [0.25, 0.3) is 0 Å². The number of anilines is 1. The van der Waals surface area contributed by atoms with Crippen LogP contribution in [-0.4, -0.2) is 24.1 Å². The Morgan fingerprint density at radius 3 is 2.44 bits per heavy atom. The van der Waals surface area contributed by atoms with Gasteiger partial charge in [0.15, 0.2) is 5.82 Å². The zero-order valence-electron chi connectivity index (χ0n) is 11.8. The molecule has 0 saturated carbocycles. The lowest BCUT2D eigenvalue weighted by molar-refractivity contribution is -0.00907. The van der Waals surface area contributed by atoms with Crippen LogP contribution in [0.25, 0.3) is 0 Å². The first-order valence-corrected chi connectivity index (χ1v) is 7.40. The van der Waals surface area contributed by atoms with E-state index >= 15 is 0 Å². The molecule has 0 spiro atoms. The van der Waals surface area contributed by atoms with Crippen molar-refractivity contribution in [3.8, 4) is 0 Å². The van der Waals surface area contributed by atoms with E-state index in [1.807, 2.05) is 14.0 Å². The summed E-state index contributed by atoms with van der Waals surface area (Å²) in [5, 5.41) is 3.14. The molecule has 0 aliphatic carbocycles. The molecule has 0 bridgehead atoms. The van der Waals surface area contributed by atoms with Crippen molar-refractivity contribution in [1.82, 2.24) is 9.97 Å². The Morgan fingerprint density at radius 1 is 1.33 bits per heavy atom. The van der Waals surface area contributed by atoms with Gasteiger partial charge >= 0.3 is 0 Å². The fourth-order valence-electron chi connectivity index (χ4n) is 1.69. The number of aryl methyl sites for hydroxylation is 1. The number of hydrogen-bond donors (Lipinski definition) is 1. The van der Waals surface area contributed by atoms with Gasteiger partial charge in [0.05, 0.1) is 9.26 Å². The van der Waals surface area contributed by atoms with E-state index in [9.17, 15) is 0 Å². The van der Waals surface area contributed by atoms with E-state index in [-0.39, 0.29) is 0 Å². The van der Waals surface area contributed by atoms with Crippen LogP contribution in [0.15, 0.2) is 0 Å². The lowest BCUT2D eigenvalue weighted by atomic mass is 10.0. The van der Waals surface area contributed by atoms with Crippen LogP contribution >= 0.6 is 22.6 Å². The van der Waals surface area contributed by atoms with Gasteiger partial charge in [-0.15, -0.1) is 0 Å². The van der Waals surface area contributed by atoms with Gasteiger partial charge in [0.2, 0.25) is 0 Å². The number of methoxy groups -OCH3 is 1. The van der Waals surface area contributed by atoms with E-state index in [4.69, 9.17) is 9.72 Å². The van der Waals surface area contributed by atoms with Gasteiger partial charge < -0.3 is 10.1 Å². The quantitative estimate of drug-likeness (QED) is 0.788. The Hall–Kier alpha value is -0.430. The van der Waals surface area contributed by atoms with Crippen molar-refractivity contribution in [3.63, 3.8) is 0 Å². The van der Waals surface area contributed by atoms with Gasteiger partial charge in [-0.3, -0.25) is 0 Å². The summed E-state index contributed by atoms with van der Waals surface area (Å²) < 4.78 is 6.70. The number of nitrogens with zero attached hydrogens (tertiary/aromatic N) is 2. The van der Waals surface area contributed by atoms with E-state index in [0.29, 0.717) is 0 Å². The summed E-state index contributed by atoms with van der Waals surface area (Å²) >= 11 is 2.30. The smallest absolute Gasteiger partial charge is 0.162 e. The molecule has 102 valence electrons. The average Bonchev–Trinajstić information content (AvgIpc) is 2.40. The van der Waals surface area contributed by atoms with Crippen LogP contribution in [-0.2, 0) is 16.8 Å². The van der Waals surface area contributed by atoms with E-state index in [1.165, 1.54) is 0 Å². The molecular weight excluding hydrogens is 341 g/mol. The predicted octanol–water partition coefficient (Wildman–Crippen LogP) is 3.35. The summed E-state index contributed by atoms with van der Waals surface area (Å²) in [6.07, 6.45) is 2.89. The Kier molecular flexibility index (Phi) is 5.78. The van der Waals surface area contributed by atoms with Crippen molar-refractivity contribution in [3.05, 3.63) is 15.1 Å². The highest BCUT2D eigenvalue weighted by atomic mass is 127. The van der Waals surface area contributed by atoms with Crippen molar-refractivity contribution in [2.24, 2.45) is 0 Å². The first-order valence-electron chi connectivity index (χ1n) is 6.32. The van der Waals surface area contributed by atoms with Crippen LogP contribution in [0.3, 0.4) is 0 Å². The molecule has 0 aromatic carbocycles. The van der Waals surface area contributed by atoms with Crippen molar-refractivity contribution >= 4 is 28.4 Å². The Morgan fingerprint density at radius 2 is 2.00 bits per heavy atom. The summed E-state index contributed by atoms with van der Waals surface area (Å²) in [5.41, 5.74) is 0.683. The van der Waals surface area contributed by atoms with Crippen molar-refractivity contribution in [2.45, 2.75) is 45.6 Å². The number of ether oxygens (including phenoxy) is 1. The maximum Gasteiger partial charge on any atom is 0.162 e. The number of aromatic nitrogens is 2. The molecule has 0 radical (unpaired) electrons. The third-order valence-electron chi connectivity index (χ3n) is 3.24. The minimum atomic E-state index is -0.418. The molecule has 0 fully saturated rings. The maximum absolute atomic E-state index is 5.59. The Labute approximate surface area is 123 Å². The molecule has 1 heterocycles. The summed E-state index contributed by atoms with van der Waals surface area (Å²) in [5.74, 6) is 1.65. The van der Waals surface area contributed by atoms with Gasteiger partial charge in [0.1, 0.15) is 11.4 Å². The molecule has 1 unspecified atom stereocenters. The Bertz CT molecular complexity index is 405. The SMILES string of the molecule is CCCc1nc(C(C)(CC)OC)nc(NC)c1I. The van der Waals surface area contributed by atoms with Gasteiger partial charge in [-0.25, -0.2) is 9.97 Å². The first-order chi connectivity index (χ1) is 8.52. The topological polar surface area (TPSA) is 47.0 Å². The van der Waals surface area contributed by atoms with Gasteiger partial charge in [-0.1, -0.05) is 20.3 Å².